The number of aromatic nitrogens is 2. The summed E-state index contributed by atoms with van der Waals surface area (Å²) in [4.78, 5) is 21.9. The van der Waals surface area contributed by atoms with Crippen molar-refractivity contribution in [1.82, 2.24) is 9.13 Å². The number of hydrogen-bond acceptors (Lipinski definition) is 4. The summed E-state index contributed by atoms with van der Waals surface area (Å²) in [6.45, 7) is 3.50. The lowest BCUT2D eigenvalue weighted by atomic mass is 10.2. The van der Waals surface area contributed by atoms with Crippen LogP contribution >= 0.6 is 12.2 Å². The standard InChI is InChI=1S/C11H13N3OS.C6H8O.H2/c1-7-5-4-6-8-9(12-7)10(16)14(3)11(15)13(8)2;1-3-4-5-6(2)7;/h4-6,12H,1-3H3;1H,4-5H2,2H3;1H. The molecule has 23 heavy (non-hydrogen) atoms. The first-order chi connectivity index (χ1) is 10.8. The molecule has 1 aromatic heterocycles. The molecular formula is C17H23N3O2S. The van der Waals surface area contributed by atoms with Crippen molar-refractivity contribution in [3.8, 4) is 12.3 Å². The summed E-state index contributed by atoms with van der Waals surface area (Å²) in [6, 6.07) is 0. The zero-order valence-corrected chi connectivity index (χ0v) is 14.7. The molecule has 1 aliphatic heterocycles. The highest BCUT2D eigenvalue weighted by atomic mass is 32.1. The number of fused-ring (bicyclic) bond motifs is 1. The third-order valence-corrected chi connectivity index (χ3v) is 3.73. The summed E-state index contributed by atoms with van der Waals surface area (Å²) < 4.78 is 3.58. The minimum absolute atomic E-state index is 0. The molecule has 0 saturated carbocycles. The van der Waals surface area contributed by atoms with E-state index in [1.54, 1.807) is 18.7 Å². The molecule has 0 saturated heterocycles. The molecule has 2 heterocycles. The highest BCUT2D eigenvalue weighted by molar-refractivity contribution is 7.71. The topological polar surface area (TPSA) is 56.0 Å². The molecule has 2 rings (SSSR count). The average Bonchev–Trinajstić information content (AvgIpc) is 2.71. The maximum atomic E-state index is 11.8. The van der Waals surface area contributed by atoms with Gasteiger partial charge in [-0.1, -0.05) is 18.3 Å². The number of nitrogens with zero attached hydrogens (tertiary/aromatic N) is 2. The average molecular weight is 333 g/mol. The molecule has 0 aromatic carbocycles. The number of carbonyl (C=O) groups is 1. The fourth-order valence-electron chi connectivity index (χ4n) is 1.94. The third-order valence-electron chi connectivity index (χ3n) is 3.25. The van der Waals surface area contributed by atoms with E-state index >= 15 is 0 Å². The molecule has 5 nitrogen and oxygen atoms in total. The Balaban J connectivity index is 0.000000570. The second-order valence-electron chi connectivity index (χ2n) is 5.21. The first kappa shape index (κ1) is 18.7. The predicted molar refractivity (Wildman–Crippen MR) is 98.8 cm³/mol. The van der Waals surface area contributed by atoms with E-state index in [0.29, 0.717) is 17.5 Å². The fourth-order valence-corrected chi connectivity index (χ4v) is 2.18. The molecule has 0 bridgehead atoms. The van der Waals surface area contributed by atoms with Crippen LogP contribution in [0.25, 0.3) is 6.08 Å². The van der Waals surface area contributed by atoms with E-state index < -0.39 is 0 Å². The van der Waals surface area contributed by atoms with Crippen molar-refractivity contribution in [2.75, 3.05) is 5.32 Å². The van der Waals surface area contributed by atoms with Gasteiger partial charge in [0, 0.05) is 34.1 Å². The van der Waals surface area contributed by atoms with Gasteiger partial charge in [-0.15, -0.1) is 12.3 Å². The Labute approximate surface area is 142 Å². The molecule has 0 spiro atoms. The number of nitrogens with one attached hydrogen (secondary N) is 1. The molecule has 0 unspecified atom stereocenters. The van der Waals surface area contributed by atoms with Crippen molar-refractivity contribution < 1.29 is 6.22 Å². The van der Waals surface area contributed by atoms with Crippen LogP contribution in [-0.4, -0.2) is 14.9 Å². The van der Waals surface area contributed by atoms with Crippen LogP contribution in [0.1, 0.15) is 33.8 Å². The fraction of sp³-hybridized carbons (Fsp3) is 0.353. The Morgan fingerprint density at radius 1 is 1.43 bits per heavy atom. The van der Waals surface area contributed by atoms with Crippen LogP contribution in [0.15, 0.2) is 22.6 Å². The molecule has 0 radical (unpaired) electrons. The summed E-state index contributed by atoms with van der Waals surface area (Å²) in [5, 5.41) is 3.21. The molecule has 0 fully saturated rings. The molecule has 1 N–H and O–H groups in total. The number of hydrogen-bond donors (Lipinski definition) is 1. The Morgan fingerprint density at radius 2 is 2.09 bits per heavy atom. The highest BCUT2D eigenvalue weighted by Crippen LogP contribution is 2.21. The Hall–Kier alpha value is -2.39. The smallest absolute Gasteiger partial charge is 0.329 e. The van der Waals surface area contributed by atoms with Gasteiger partial charge in [-0.3, -0.25) is 13.9 Å². The Bertz CT molecular complexity index is 826. The van der Waals surface area contributed by atoms with Crippen LogP contribution in [0, 0.1) is 17.0 Å². The second-order valence-corrected chi connectivity index (χ2v) is 5.59. The van der Waals surface area contributed by atoms with E-state index in [9.17, 15) is 9.59 Å². The van der Waals surface area contributed by atoms with Crippen molar-refractivity contribution in [3.05, 3.63) is 38.7 Å². The number of carbonyl (C=O) groups excluding carboxylic acids is 1. The lowest BCUT2D eigenvalue weighted by molar-refractivity contribution is -0.116. The Morgan fingerprint density at radius 3 is 2.61 bits per heavy atom. The van der Waals surface area contributed by atoms with Crippen LogP contribution in [0.3, 0.4) is 0 Å². The Kier molecular flexibility index (Phi) is 6.73. The quantitative estimate of drug-likeness (QED) is 0.668. The lowest BCUT2D eigenvalue weighted by Gasteiger charge is -2.14. The summed E-state index contributed by atoms with van der Waals surface area (Å²) >= 11 is 5.27. The van der Waals surface area contributed by atoms with Gasteiger partial charge in [0.05, 0.1) is 11.4 Å². The molecule has 0 atom stereocenters. The van der Waals surface area contributed by atoms with Crippen molar-refractivity contribution in [2.45, 2.75) is 26.7 Å². The van der Waals surface area contributed by atoms with E-state index in [1.807, 2.05) is 25.2 Å². The van der Waals surface area contributed by atoms with E-state index in [0.717, 1.165) is 17.1 Å². The van der Waals surface area contributed by atoms with E-state index in [2.05, 4.69) is 11.2 Å². The maximum Gasteiger partial charge on any atom is 0.329 e. The third kappa shape index (κ3) is 4.80. The van der Waals surface area contributed by atoms with Gasteiger partial charge < -0.3 is 5.32 Å². The van der Waals surface area contributed by atoms with Gasteiger partial charge in [-0.25, -0.2) is 4.79 Å². The van der Waals surface area contributed by atoms with Crippen LogP contribution in [0.5, 0.6) is 0 Å². The second kappa shape index (κ2) is 8.30. The van der Waals surface area contributed by atoms with Crippen molar-refractivity contribution in [2.24, 2.45) is 14.1 Å². The van der Waals surface area contributed by atoms with Gasteiger partial charge in [0.25, 0.3) is 0 Å². The molecule has 1 aliphatic rings. The molecular weight excluding hydrogens is 310 g/mol. The number of rotatable bonds is 2. The van der Waals surface area contributed by atoms with E-state index in [-0.39, 0.29) is 12.9 Å². The minimum atomic E-state index is -0.116. The number of terminal acetylenes is 1. The first-order valence-corrected chi connectivity index (χ1v) is 7.55. The van der Waals surface area contributed by atoms with E-state index in [1.165, 1.54) is 11.5 Å². The van der Waals surface area contributed by atoms with Gasteiger partial charge in [0.2, 0.25) is 0 Å². The number of ketones is 1. The van der Waals surface area contributed by atoms with Gasteiger partial charge in [0.15, 0.2) is 0 Å². The normalized spacial score (nSPS) is 11.9. The van der Waals surface area contributed by atoms with Gasteiger partial charge in [-0.05, 0) is 26.0 Å². The highest BCUT2D eigenvalue weighted by Gasteiger charge is 2.12. The van der Waals surface area contributed by atoms with Crippen molar-refractivity contribution in [3.63, 3.8) is 0 Å². The number of Topliss-reactive ketones (excluding diaryl/α,β-unsaturated/α-hetero) is 1. The van der Waals surface area contributed by atoms with Gasteiger partial charge >= 0.3 is 5.69 Å². The predicted octanol–water partition coefficient (Wildman–Crippen LogP) is 3.03. The molecule has 124 valence electrons. The van der Waals surface area contributed by atoms with Gasteiger partial charge in [-0.2, -0.15) is 0 Å². The molecule has 1 aromatic rings. The lowest BCUT2D eigenvalue weighted by Crippen LogP contribution is -2.30. The molecule has 0 amide bonds. The monoisotopic (exact) mass is 333 g/mol. The van der Waals surface area contributed by atoms with Crippen LogP contribution < -0.4 is 11.0 Å². The van der Waals surface area contributed by atoms with E-state index in [4.69, 9.17) is 18.6 Å². The minimum Gasteiger partial charge on any atom is -0.355 e. The summed E-state index contributed by atoms with van der Waals surface area (Å²) in [5.41, 5.74) is 2.50. The van der Waals surface area contributed by atoms with Crippen molar-refractivity contribution >= 4 is 29.8 Å². The first-order valence-electron chi connectivity index (χ1n) is 7.14. The maximum absolute atomic E-state index is 11.8. The summed E-state index contributed by atoms with van der Waals surface area (Å²) in [7, 11) is 3.42. The summed E-state index contributed by atoms with van der Waals surface area (Å²) in [5.74, 6) is 2.54. The SMILES string of the molecule is C#CCCC(C)=O.CC1=CC=Cc2c(c(=S)n(C)c(=O)n2C)N1.[HH]. The number of allylic oxidation sites excluding steroid dienone is 3. The van der Waals surface area contributed by atoms with Crippen molar-refractivity contribution in [1.29, 1.82) is 0 Å². The van der Waals surface area contributed by atoms with Crippen LogP contribution in [-0.2, 0) is 18.9 Å². The van der Waals surface area contributed by atoms with Crippen LogP contribution in [0.2, 0.25) is 0 Å². The number of anilines is 1. The summed E-state index contributed by atoms with van der Waals surface area (Å²) in [6.07, 6.45) is 11.7. The zero-order chi connectivity index (χ0) is 17.6. The molecule has 6 heteroatoms. The zero-order valence-electron chi connectivity index (χ0n) is 13.8. The molecule has 0 aliphatic carbocycles. The largest absolute Gasteiger partial charge is 0.355 e. The van der Waals surface area contributed by atoms with Crippen LogP contribution in [0.4, 0.5) is 5.69 Å². The van der Waals surface area contributed by atoms with Gasteiger partial charge in [0.1, 0.15) is 10.4 Å².